The van der Waals surface area contributed by atoms with E-state index in [0.29, 0.717) is 5.82 Å². The first kappa shape index (κ1) is 63.6. The van der Waals surface area contributed by atoms with Crippen LogP contribution < -0.4 is 9.47 Å². The van der Waals surface area contributed by atoms with Gasteiger partial charge < -0.3 is 19.0 Å². The zero-order valence-electron chi connectivity index (χ0n) is 56.7. The summed E-state index contributed by atoms with van der Waals surface area (Å²) in [6.45, 7) is 0. The molecule has 496 valence electrons. The van der Waals surface area contributed by atoms with Gasteiger partial charge in [0.25, 0.3) is 0 Å². The van der Waals surface area contributed by atoms with E-state index in [0.717, 1.165) is 162 Å². The van der Waals surface area contributed by atoms with Crippen molar-refractivity contribution in [1.29, 1.82) is 0 Å². The molecule has 0 spiro atoms. The van der Waals surface area contributed by atoms with Crippen LogP contribution in [0.2, 0.25) is 0 Å². The van der Waals surface area contributed by atoms with Crippen LogP contribution in [0.4, 0.5) is 0 Å². The Balaban J connectivity index is 0.000000124. The maximum Gasteiger partial charge on any atom is 0.160 e. The average molecular weight is 1410 g/mol. The number of aromatic nitrogens is 6. The third-order valence-electron chi connectivity index (χ3n) is 19.2. The molecule has 1 N–H and O–H groups in total. The Labute approximate surface area is 616 Å². The van der Waals surface area contributed by atoms with Crippen molar-refractivity contribution >= 4 is 37.7 Å². The van der Waals surface area contributed by atoms with Crippen molar-refractivity contribution < 1.29 is 9.47 Å². The zero-order valence-corrected chi connectivity index (χ0v) is 58.3. The van der Waals surface area contributed by atoms with Gasteiger partial charge in [0.15, 0.2) is 11.6 Å². The fraction of sp³-hybridized carbons (Fsp3) is 0. The fourth-order valence-electron chi connectivity index (χ4n) is 14.4. The Kier molecular flexibility index (Phi) is 17.0. The molecule has 0 radical (unpaired) electrons. The van der Waals surface area contributed by atoms with Crippen molar-refractivity contribution in [3.8, 4) is 164 Å². The highest BCUT2D eigenvalue weighted by molar-refractivity contribution is 9.10. The first-order valence-corrected chi connectivity index (χ1v) is 35.8. The lowest BCUT2D eigenvalue weighted by atomic mass is 9.96. The third-order valence-corrected chi connectivity index (χ3v) is 19.7. The Morgan fingerprint density at radius 3 is 1.11 bits per heavy atom. The summed E-state index contributed by atoms with van der Waals surface area (Å²) < 4.78 is 16.4. The van der Waals surface area contributed by atoms with Crippen LogP contribution in [0.25, 0.3) is 162 Å². The van der Waals surface area contributed by atoms with E-state index >= 15 is 0 Å². The van der Waals surface area contributed by atoms with Gasteiger partial charge in [0.1, 0.15) is 23.0 Å². The van der Waals surface area contributed by atoms with Crippen molar-refractivity contribution in [3.63, 3.8) is 0 Å². The maximum atomic E-state index is 6.67. The minimum atomic E-state index is 0.668. The summed E-state index contributed by atoms with van der Waals surface area (Å²) in [4.78, 5) is 23.7. The number of halogens is 1. The molecule has 4 aromatic heterocycles. The number of H-pyrrole nitrogens is 1. The van der Waals surface area contributed by atoms with Gasteiger partial charge in [-0.3, -0.25) is 0 Å². The van der Waals surface area contributed by atoms with Crippen LogP contribution >= 0.6 is 15.9 Å². The van der Waals surface area contributed by atoms with Crippen LogP contribution in [0.15, 0.2) is 381 Å². The van der Waals surface area contributed by atoms with Crippen LogP contribution in [-0.2, 0) is 0 Å². The van der Waals surface area contributed by atoms with Crippen molar-refractivity contribution in [1.82, 2.24) is 29.5 Å². The number of para-hydroxylation sites is 6. The summed E-state index contributed by atoms with van der Waals surface area (Å²) in [6.07, 6.45) is 0. The van der Waals surface area contributed by atoms with Gasteiger partial charge in [-0.15, -0.1) is 0 Å². The van der Waals surface area contributed by atoms with Crippen LogP contribution in [0.1, 0.15) is 0 Å². The molecule has 9 heteroatoms. The zero-order chi connectivity index (χ0) is 70.0. The third kappa shape index (κ3) is 12.4. The molecule has 2 aliphatic rings. The monoisotopic (exact) mass is 1410 g/mol. The Bertz CT molecular complexity index is 6110. The van der Waals surface area contributed by atoms with Crippen LogP contribution in [-0.4, -0.2) is 29.5 Å². The molecule has 2 aliphatic heterocycles. The number of aromatic amines is 1. The molecule has 0 aliphatic carbocycles. The van der Waals surface area contributed by atoms with Gasteiger partial charge in [0.05, 0.1) is 45.2 Å². The van der Waals surface area contributed by atoms with E-state index in [2.05, 4.69) is 262 Å². The van der Waals surface area contributed by atoms with Gasteiger partial charge in [-0.05, 0) is 83.9 Å². The topological polar surface area (TPSA) is 90.7 Å². The fourth-order valence-corrected chi connectivity index (χ4v) is 14.8. The largest absolute Gasteiger partial charge is 0.456 e. The lowest BCUT2D eigenvalue weighted by molar-refractivity contribution is 0.487. The van der Waals surface area contributed by atoms with Gasteiger partial charge in [0.2, 0.25) is 0 Å². The van der Waals surface area contributed by atoms with Crippen molar-refractivity contribution in [2.75, 3.05) is 0 Å². The number of benzene rings is 14. The molecule has 0 saturated heterocycles. The van der Waals surface area contributed by atoms with E-state index in [4.69, 9.17) is 29.4 Å². The summed E-state index contributed by atoms with van der Waals surface area (Å²) in [5, 5.41) is 2.37. The quantitative estimate of drug-likeness (QED) is 0.155. The van der Waals surface area contributed by atoms with Crippen LogP contribution in [0, 0.1) is 0 Å². The smallest absolute Gasteiger partial charge is 0.160 e. The van der Waals surface area contributed by atoms with Gasteiger partial charge in [0, 0.05) is 98.8 Å². The van der Waals surface area contributed by atoms with Crippen molar-refractivity contribution in [2.24, 2.45) is 0 Å². The summed E-state index contributed by atoms with van der Waals surface area (Å²) in [6, 6.07) is 129. The van der Waals surface area contributed by atoms with Crippen LogP contribution in [0.5, 0.6) is 23.0 Å². The van der Waals surface area contributed by atoms with Crippen molar-refractivity contribution in [2.45, 2.75) is 0 Å². The number of ether oxygens (including phenoxy) is 2. The second kappa shape index (κ2) is 28.1. The van der Waals surface area contributed by atoms with E-state index in [1.165, 1.54) is 22.1 Å². The predicted molar refractivity (Wildman–Crippen MR) is 432 cm³/mol. The molecular formula is C96H63BrN6O2. The Morgan fingerprint density at radius 1 is 0.267 bits per heavy atom. The minimum Gasteiger partial charge on any atom is -0.456 e. The number of nitrogens with one attached hydrogen (secondary N) is 1. The molecule has 8 nitrogen and oxygen atoms in total. The highest BCUT2D eigenvalue weighted by atomic mass is 79.9. The SMILES string of the molecule is Brc1cccc(-c2nc(-c3ccccc3)cc(-c3ccccc3)n2)c1.c1ccc(-c2cc(-c3ccccc3)nc(-c3cccc(-n4c5c(c6cccc(-c7ccccc7)c64)-c4ccccc4Oc4ccccc4-5)c3)n2)cc1.c1ccc(-c2cccc3c4c([nH]c23)-c2ccccc2Oc2ccccc2-4)cc1. The predicted octanol–water partition coefficient (Wildman–Crippen LogP) is 26.0. The Hall–Kier alpha value is -13.6. The maximum absolute atomic E-state index is 6.67. The molecule has 20 rings (SSSR count). The summed E-state index contributed by atoms with van der Waals surface area (Å²) in [5.41, 5.74) is 26.6. The second-order valence-electron chi connectivity index (χ2n) is 25.7. The van der Waals surface area contributed by atoms with Gasteiger partial charge >= 0.3 is 0 Å². The first-order chi connectivity index (χ1) is 52.0. The van der Waals surface area contributed by atoms with E-state index in [-0.39, 0.29) is 0 Å². The summed E-state index contributed by atoms with van der Waals surface area (Å²) in [7, 11) is 0. The number of hydrogen-bond acceptors (Lipinski definition) is 6. The lowest BCUT2D eigenvalue weighted by Crippen LogP contribution is -2.01. The Morgan fingerprint density at radius 2 is 0.619 bits per heavy atom. The molecular weight excluding hydrogens is 1350 g/mol. The molecule has 0 amide bonds. The minimum absolute atomic E-state index is 0.668. The summed E-state index contributed by atoms with van der Waals surface area (Å²) >= 11 is 3.53. The molecule has 105 heavy (non-hydrogen) atoms. The molecule has 6 heterocycles. The summed E-state index contributed by atoms with van der Waals surface area (Å²) in [5.74, 6) is 4.82. The first-order valence-electron chi connectivity index (χ1n) is 35.0. The second-order valence-corrected chi connectivity index (χ2v) is 26.6. The lowest BCUT2D eigenvalue weighted by Gasteiger charge is -2.16. The van der Waals surface area contributed by atoms with Gasteiger partial charge in [-0.1, -0.05) is 319 Å². The van der Waals surface area contributed by atoms with E-state index in [9.17, 15) is 0 Å². The van der Waals surface area contributed by atoms with Crippen molar-refractivity contribution in [3.05, 3.63) is 381 Å². The average Bonchev–Trinajstić information content (AvgIpc) is 1.56. The highest BCUT2D eigenvalue weighted by Crippen LogP contribution is 2.54. The molecule has 0 saturated carbocycles. The molecule has 18 aromatic rings. The molecule has 0 fully saturated rings. The van der Waals surface area contributed by atoms with E-state index in [1.807, 2.05) is 140 Å². The van der Waals surface area contributed by atoms with E-state index < -0.39 is 0 Å². The standard InChI is InChI=1S/C48H31N3O.C26H17NO.C22H15BrN2/c1-4-16-32(17-5-1)37-26-15-27-40-45-38-24-10-12-28-43(38)52-44-29-13-11-25-39(44)47(45)51(46(37)40)36-23-14-22-35(30-36)48-49-41(33-18-6-2-7-19-33)31-42(50-48)34-20-8-3-9-21-34;1-2-9-17(10-3-1)18-13-8-14-21-24-19-11-4-6-15-22(19)28-23-16-7-5-12-20(23)26(24)27-25(18)21;23-19-13-7-12-18(14-19)22-24-20(16-8-3-1-4-9-16)15-21(25-22)17-10-5-2-6-11-17/h1-31H;1-16,27H;1-15H. The number of nitrogens with zero attached hydrogens (tertiary/aromatic N) is 5. The molecule has 0 bridgehead atoms. The number of hydrogen-bond donors (Lipinski definition) is 1. The van der Waals surface area contributed by atoms with Gasteiger partial charge in [-0.25, -0.2) is 19.9 Å². The number of rotatable bonds is 9. The molecule has 0 unspecified atom stereocenters. The normalized spacial score (nSPS) is 11.4. The molecule has 14 aromatic carbocycles. The van der Waals surface area contributed by atoms with Crippen LogP contribution in [0.3, 0.4) is 0 Å². The van der Waals surface area contributed by atoms with Gasteiger partial charge in [-0.2, -0.15) is 0 Å². The highest BCUT2D eigenvalue weighted by Gasteiger charge is 2.31. The van der Waals surface area contributed by atoms with E-state index in [1.54, 1.807) is 0 Å². The number of fused-ring (bicyclic) bond motifs is 14. The molecule has 0 atom stereocenters.